The fourth-order valence-corrected chi connectivity index (χ4v) is 4.04. The first kappa shape index (κ1) is 18.2. The smallest absolute Gasteiger partial charge is 0.316 e. The van der Waals surface area contributed by atoms with Crippen LogP contribution in [0.15, 0.2) is 18.2 Å². The normalized spacial score (nSPS) is 19.7. The van der Waals surface area contributed by atoms with Crippen LogP contribution in [0.25, 0.3) is 0 Å². The van der Waals surface area contributed by atoms with Crippen molar-refractivity contribution in [3.63, 3.8) is 0 Å². The fourth-order valence-electron chi connectivity index (χ4n) is 4.04. The molecule has 1 aromatic rings. The van der Waals surface area contributed by atoms with Crippen LogP contribution in [0.3, 0.4) is 0 Å². The highest BCUT2D eigenvalue weighted by molar-refractivity contribution is 5.86. The Balaban J connectivity index is 1.88. The number of methoxy groups -OCH3 is 1. The van der Waals surface area contributed by atoms with E-state index in [1.807, 2.05) is 0 Å². The number of hydrogen-bond donors (Lipinski definition) is 0. The Morgan fingerprint density at radius 3 is 2.52 bits per heavy atom. The van der Waals surface area contributed by atoms with Crippen LogP contribution in [0.1, 0.15) is 50.7 Å². The maximum Gasteiger partial charge on any atom is 0.316 e. The Morgan fingerprint density at radius 2 is 2.00 bits per heavy atom. The zero-order chi connectivity index (χ0) is 18.0. The largest absolute Gasteiger partial charge is 0.468 e. The summed E-state index contributed by atoms with van der Waals surface area (Å²) >= 11 is 0. The number of anilines is 1. The van der Waals surface area contributed by atoms with E-state index in [-0.39, 0.29) is 11.4 Å². The van der Waals surface area contributed by atoms with E-state index in [2.05, 4.69) is 43.9 Å². The molecule has 1 aliphatic heterocycles. The summed E-state index contributed by atoms with van der Waals surface area (Å²) in [6.07, 6.45) is 3.96. The minimum absolute atomic E-state index is 0.0943. The minimum atomic E-state index is -0.389. The van der Waals surface area contributed by atoms with Crippen molar-refractivity contribution in [2.24, 2.45) is 5.92 Å². The van der Waals surface area contributed by atoms with Gasteiger partial charge in [-0.15, -0.1) is 0 Å². The third kappa shape index (κ3) is 3.69. The van der Waals surface area contributed by atoms with E-state index in [9.17, 15) is 4.79 Å². The topological polar surface area (TPSA) is 38.8 Å². The maximum absolute atomic E-state index is 12.2. The number of carbonyl (C=O) groups is 1. The lowest BCUT2D eigenvalue weighted by atomic mass is 9.93. The lowest BCUT2D eigenvalue weighted by molar-refractivity contribution is -0.143. The van der Waals surface area contributed by atoms with Crippen molar-refractivity contribution < 1.29 is 14.3 Å². The van der Waals surface area contributed by atoms with Gasteiger partial charge < -0.3 is 14.4 Å². The fraction of sp³-hybridized carbons (Fsp3) is 0.667. The Bertz CT molecular complexity index is 616. The Kier molecular flexibility index (Phi) is 5.38. The first-order valence-electron chi connectivity index (χ1n) is 9.52. The van der Waals surface area contributed by atoms with Gasteiger partial charge in [0.2, 0.25) is 0 Å². The van der Waals surface area contributed by atoms with Crippen LogP contribution in [0, 0.1) is 12.8 Å². The molecule has 2 aliphatic rings. The monoisotopic (exact) mass is 345 g/mol. The van der Waals surface area contributed by atoms with Gasteiger partial charge in [-0.1, -0.05) is 26.0 Å². The molecule has 0 amide bonds. The van der Waals surface area contributed by atoms with Gasteiger partial charge in [-0.25, -0.2) is 0 Å². The average Bonchev–Trinajstić information content (AvgIpc) is 3.42. The molecule has 1 saturated carbocycles. The van der Waals surface area contributed by atoms with Crippen molar-refractivity contribution >= 4 is 11.7 Å². The van der Waals surface area contributed by atoms with Crippen LogP contribution in [-0.2, 0) is 19.7 Å². The van der Waals surface area contributed by atoms with Crippen molar-refractivity contribution in [2.75, 3.05) is 31.8 Å². The quantitative estimate of drug-likeness (QED) is 0.734. The predicted molar refractivity (Wildman–Crippen MR) is 100 cm³/mol. The second-order valence-corrected chi connectivity index (χ2v) is 7.96. The van der Waals surface area contributed by atoms with E-state index in [1.165, 1.54) is 18.4 Å². The van der Waals surface area contributed by atoms with E-state index < -0.39 is 0 Å². The summed E-state index contributed by atoms with van der Waals surface area (Å²) in [6.45, 7) is 9.45. The molecular formula is C21H31NO3. The summed E-state index contributed by atoms with van der Waals surface area (Å²) in [5.41, 5.74) is 3.27. The van der Waals surface area contributed by atoms with Gasteiger partial charge in [0.25, 0.3) is 0 Å². The van der Waals surface area contributed by atoms with Crippen LogP contribution in [0.2, 0.25) is 0 Å². The number of carbonyl (C=O) groups excluding carboxylic acids is 1. The molecule has 1 aliphatic carbocycles. The summed E-state index contributed by atoms with van der Waals surface area (Å²) in [6, 6.07) is 7.09. The molecule has 0 bridgehead atoms. The third-order valence-electron chi connectivity index (χ3n) is 5.58. The standard InChI is InChI=1S/C21H31NO3/c1-15(2)14-22(18-7-11-25-12-8-18)19-6-5-17(13-16(19)3)21(9-10-21)20(23)24-4/h5-6,13,15,18H,7-12,14H2,1-4H3. The number of hydrogen-bond acceptors (Lipinski definition) is 4. The van der Waals surface area contributed by atoms with Crippen LogP contribution in [-0.4, -0.2) is 38.9 Å². The molecule has 3 rings (SSSR count). The van der Waals surface area contributed by atoms with E-state index in [0.717, 1.165) is 51.0 Å². The summed E-state index contributed by atoms with van der Waals surface area (Å²) in [7, 11) is 1.49. The van der Waals surface area contributed by atoms with Crippen LogP contribution in [0.5, 0.6) is 0 Å². The highest BCUT2D eigenvalue weighted by Crippen LogP contribution is 2.50. The van der Waals surface area contributed by atoms with Crippen molar-refractivity contribution in [3.05, 3.63) is 29.3 Å². The summed E-state index contributed by atoms with van der Waals surface area (Å²) < 4.78 is 10.6. The molecule has 1 saturated heterocycles. The van der Waals surface area contributed by atoms with Gasteiger partial charge in [-0.2, -0.15) is 0 Å². The molecule has 1 heterocycles. The number of nitrogens with zero attached hydrogens (tertiary/aromatic N) is 1. The van der Waals surface area contributed by atoms with E-state index >= 15 is 0 Å². The van der Waals surface area contributed by atoms with E-state index in [0.29, 0.717) is 12.0 Å². The Labute approximate surface area is 151 Å². The van der Waals surface area contributed by atoms with Crippen molar-refractivity contribution in [3.8, 4) is 0 Å². The molecule has 2 fully saturated rings. The third-order valence-corrected chi connectivity index (χ3v) is 5.58. The van der Waals surface area contributed by atoms with Crippen LogP contribution >= 0.6 is 0 Å². The van der Waals surface area contributed by atoms with Crippen molar-refractivity contribution in [2.45, 2.75) is 57.9 Å². The SMILES string of the molecule is COC(=O)C1(c2ccc(N(CC(C)C)C3CCOCC3)c(C)c2)CC1. The van der Waals surface area contributed by atoms with Gasteiger partial charge in [0.1, 0.15) is 0 Å². The maximum atomic E-state index is 12.2. The molecule has 0 unspecified atom stereocenters. The molecule has 25 heavy (non-hydrogen) atoms. The molecule has 4 nitrogen and oxygen atoms in total. The molecule has 138 valence electrons. The number of esters is 1. The van der Waals surface area contributed by atoms with Gasteiger partial charge in [-0.3, -0.25) is 4.79 Å². The molecule has 0 N–H and O–H groups in total. The highest BCUT2D eigenvalue weighted by atomic mass is 16.5. The molecular weight excluding hydrogens is 314 g/mol. The first-order valence-corrected chi connectivity index (χ1v) is 9.52. The molecule has 0 aromatic heterocycles. The Morgan fingerprint density at radius 1 is 1.32 bits per heavy atom. The van der Waals surface area contributed by atoms with Crippen molar-refractivity contribution in [1.29, 1.82) is 0 Å². The molecule has 4 heteroatoms. The molecule has 0 atom stereocenters. The Hall–Kier alpha value is -1.55. The lowest BCUT2D eigenvalue weighted by Gasteiger charge is -2.38. The summed E-state index contributed by atoms with van der Waals surface area (Å²) in [5.74, 6) is 0.509. The second kappa shape index (κ2) is 7.36. The zero-order valence-corrected chi connectivity index (χ0v) is 16.0. The summed E-state index contributed by atoms with van der Waals surface area (Å²) in [4.78, 5) is 14.7. The number of benzene rings is 1. The average molecular weight is 345 g/mol. The van der Waals surface area contributed by atoms with Crippen molar-refractivity contribution in [1.82, 2.24) is 0 Å². The van der Waals surface area contributed by atoms with Gasteiger partial charge in [-0.05, 0) is 55.7 Å². The number of ether oxygens (including phenoxy) is 2. The van der Waals surface area contributed by atoms with E-state index in [1.54, 1.807) is 0 Å². The molecule has 0 radical (unpaired) electrons. The molecule has 0 spiro atoms. The highest BCUT2D eigenvalue weighted by Gasteiger charge is 2.52. The van der Waals surface area contributed by atoms with E-state index in [4.69, 9.17) is 9.47 Å². The van der Waals surface area contributed by atoms with Gasteiger partial charge in [0, 0.05) is 31.5 Å². The van der Waals surface area contributed by atoms with Crippen LogP contribution < -0.4 is 4.90 Å². The second-order valence-electron chi connectivity index (χ2n) is 7.96. The summed E-state index contributed by atoms with van der Waals surface area (Å²) in [5, 5.41) is 0. The lowest BCUT2D eigenvalue weighted by Crippen LogP contribution is -2.42. The number of aryl methyl sites for hydroxylation is 1. The molecule has 1 aromatic carbocycles. The van der Waals surface area contributed by atoms with Gasteiger partial charge >= 0.3 is 5.97 Å². The van der Waals surface area contributed by atoms with Gasteiger partial charge in [0.05, 0.1) is 12.5 Å². The predicted octanol–water partition coefficient (Wildman–Crippen LogP) is 3.84. The minimum Gasteiger partial charge on any atom is -0.468 e. The van der Waals surface area contributed by atoms with Crippen LogP contribution in [0.4, 0.5) is 5.69 Å². The zero-order valence-electron chi connectivity index (χ0n) is 16.0. The number of rotatable bonds is 6. The first-order chi connectivity index (χ1) is 12.0. The van der Waals surface area contributed by atoms with Gasteiger partial charge in [0.15, 0.2) is 0 Å².